The molecule has 2 heterocycles. The summed E-state index contributed by atoms with van der Waals surface area (Å²) in [5, 5.41) is 16.6. The molecule has 4 aromatic rings. The molecule has 8 nitrogen and oxygen atoms in total. The highest BCUT2D eigenvalue weighted by atomic mass is 35.5. The zero-order chi connectivity index (χ0) is 24.2. The zero-order valence-corrected chi connectivity index (χ0v) is 19.2. The maximum atomic E-state index is 12.4. The number of aromatic carboxylic acids is 1. The highest BCUT2D eigenvalue weighted by Gasteiger charge is 2.20. The molecule has 2 aromatic heterocycles. The number of amides is 1. The van der Waals surface area contributed by atoms with Gasteiger partial charge in [0.05, 0.1) is 33.1 Å². The van der Waals surface area contributed by atoms with Crippen LogP contribution in [0, 0.1) is 6.92 Å². The van der Waals surface area contributed by atoms with Gasteiger partial charge in [-0.15, -0.1) is 0 Å². The van der Waals surface area contributed by atoms with E-state index in [9.17, 15) is 9.59 Å². The predicted octanol–water partition coefficient (Wildman–Crippen LogP) is 5.88. The number of carboxylic acid groups (broad SMARTS) is 1. The molecule has 0 atom stereocenters. The number of nitrogens with zero attached hydrogens (tertiary/aromatic N) is 2. The minimum Gasteiger partial charge on any atom is -0.478 e. The number of anilines is 1. The number of carbonyl (C=O) groups excluding carboxylic acids is 1. The Morgan fingerprint density at radius 3 is 2.32 bits per heavy atom. The average Bonchev–Trinajstić information content (AvgIpc) is 3.18. The summed E-state index contributed by atoms with van der Waals surface area (Å²) in [5.41, 5.74) is 2.60. The van der Waals surface area contributed by atoms with E-state index in [0.29, 0.717) is 49.8 Å². The number of ether oxygens (including phenoxy) is 1. The van der Waals surface area contributed by atoms with Crippen molar-refractivity contribution in [1.82, 2.24) is 10.1 Å². The quantitative estimate of drug-likeness (QED) is 0.327. The second kappa shape index (κ2) is 9.94. The van der Waals surface area contributed by atoms with Crippen LogP contribution in [0.5, 0.6) is 5.88 Å². The van der Waals surface area contributed by atoms with Crippen LogP contribution in [0.15, 0.2) is 65.3 Å². The summed E-state index contributed by atoms with van der Waals surface area (Å²) >= 11 is 12.6. The van der Waals surface area contributed by atoms with Crippen molar-refractivity contribution in [2.45, 2.75) is 13.5 Å². The fraction of sp³-hybridized carbons (Fsp3) is 0.0833. The SMILES string of the molecule is Cc1onc(-c2c(Cl)cccc2Cl)c1COc1ccc(NC(=O)c2ccc(C(=O)O)cc2)cn1. The molecule has 2 N–H and O–H groups in total. The van der Waals surface area contributed by atoms with Crippen LogP contribution >= 0.6 is 23.2 Å². The summed E-state index contributed by atoms with van der Waals surface area (Å²) in [4.78, 5) is 27.5. The van der Waals surface area contributed by atoms with Gasteiger partial charge in [-0.3, -0.25) is 4.79 Å². The summed E-state index contributed by atoms with van der Waals surface area (Å²) in [6.07, 6.45) is 1.45. The molecule has 10 heteroatoms. The lowest BCUT2D eigenvalue weighted by Gasteiger charge is -2.09. The third-order valence-electron chi connectivity index (χ3n) is 4.94. The molecule has 0 unspecified atom stereocenters. The minimum atomic E-state index is -1.06. The van der Waals surface area contributed by atoms with E-state index in [0.717, 1.165) is 0 Å². The van der Waals surface area contributed by atoms with Gasteiger partial charge in [-0.1, -0.05) is 34.4 Å². The van der Waals surface area contributed by atoms with Gasteiger partial charge in [0, 0.05) is 17.2 Å². The van der Waals surface area contributed by atoms with Crippen molar-refractivity contribution >= 4 is 40.8 Å². The van der Waals surface area contributed by atoms with Gasteiger partial charge >= 0.3 is 5.97 Å². The molecule has 0 saturated heterocycles. The minimum absolute atomic E-state index is 0.0998. The zero-order valence-electron chi connectivity index (χ0n) is 17.7. The number of hydrogen-bond acceptors (Lipinski definition) is 6. The first-order valence-corrected chi connectivity index (χ1v) is 10.7. The summed E-state index contributed by atoms with van der Waals surface area (Å²) in [5.74, 6) is -0.576. The maximum Gasteiger partial charge on any atom is 0.335 e. The molecule has 0 saturated carbocycles. The van der Waals surface area contributed by atoms with Crippen molar-refractivity contribution in [3.05, 3.63) is 93.3 Å². The largest absolute Gasteiger partial charge is 0.478 e. The molecular weight excluding hydrogens is 481 g/mol. The highest BCUT2D eigenvalue weighted by Crippen LogP contribution is 2.37. The summed E-state index contributed by atoms with van der Waals surface area (Å²) in [6.45, 7) is 1.87. The first-order valence-electron chi connectivity index (χ1n) is 9.96. The van der Waals surface area contributed by atoms with Crippen molar-refractivity contribution in [2.75, 3.05) is 5.32 Å². The average molecular weight is 498 g/mol. The van der Waals surface area contributed by atoms with Crippen LogP contribution in [0.1, 0.15) is 32.0 Å². The number of nitrogens with one attached hydrogen (secondary N) is 1. The molecular formula is C24H17Cl2N3O5. The Kier molecular flexibility index (Phi) is 6.81. The van der Waals surface area contributed by atoms with Gasteiger partial charge in [-0.2, -0.15) is 0 Å². The van der Waals surface area contributed by atoms with Crippen LogP contribution < -0.4 is 10.1 Å². The summed E-state index contributed by atoms with van der Waals surface area (Å²) in [6, 6.07) is 14.0. The van der Waals surface area contributed by atoms with Gasteiger partial charge in [0.15, 0.2) is 0 Å². The molecule has 0 spiro atoms. The Labute approximate surface area is 204 Å². The van der Waals surface area contributed by atoms with Gasteiger partial charge in [0.25, 0.3) is 5.91 Å². The van der Waals surface area contributed by atoms with Crippen LogP contribution in [0.2, 0.25) is 10.0 Å². The number of carbonyl (C=O) groups is 2. The lowest BCUT2D eigenvalue weighted by Crippen LogP contribution is -2.12. The number of halogens is 2. The van der Waals surface area contributed by atoms with E-state index < -0.39 is 11.9 Å². The second-order valence-corrected chi connectivity index (χ2v) is 7.99. The molecule has 2 aromatic carbocycles. The van der Waals surface area contributed by atoms with Gasteiger partial charge < -0.3 is 19.7 Å². The Balaban J connectivity index is 1.43. The molecule has 0 fully saturated rings. The number of pyridine rings is 1. The predicted molar refractivity (Wildman–Crippen MR) is 127 cm³/mol. The van der Waals surface area contributed by atoms with Gasteiger partial charge in [-0.25, -0.2) is 9.78 Å². The number of carboxylic acids is 1. The van der Waals surface area contributed by atoms with Gasteiger partial charge in [-0.05, 0) is 49.4 Å². The van der Waals surface area contributed by atoms with Crippen molar-refractivity contribution in [1.29, 1.82) is 0 Å². The highest BCUT2D eigenvalue weighted by molar-refractivity contribution is 6.39. The van der Waals surface area contributed by atoms with E-state index in [-0.39, 0.29) is 12.2 Å². The van der Waals surface area contributed by atoms with Crippen molar-refractivity contribution in [2.24, 2.45) is 0 Å². The molecule has 0 aliphatic heterocycles. The number of rotatable bonds is 7. The lowest BCUT2D eigenvalue weighted by atomic mass is 10.1. The molecule has 0 aliphatic rings. The third kappa shape index (κ3) is 5.03. The molecule has 0 radical (unpaired) electrons. The Hall–Kier alpha value is -3.88. The maximum absolute atomic E-state index is 12.4. The fourth-order valence-electron chi connectivity index (χ4n) is 3.13. The van der Waals surface area contributed by atoms with E-state index in [2.05, 4.69) is 15.5 Å². The smallest absolute Gasteiger partial charge is 0.335 e. The molecule has 1 amide bonds. The van der Waals surface area contributed by atoms with Crippen molar-refractivity contribution in [3.63, 3.8) is 0 Å². The van der Waals surface area contributed by atoms with Gasteiger partial charge in [0.2, 0.25) is 5.88 Å². The van der Waals surface area contributed by atoms with E-state index in [4.69, 9.17) is 37.6 Å². The monoisotopic (exact) mass is 497 g/mol. The van der Waals surface area contributed by atoms with E-state index in [1.165, 1.54) is 30.5 Å². The molecule has 172 valence electrons. The second-order valence-electron chi connectivity index (χ2n) is 7.17. The van der Waals surface area contributed by atoms with Crippen LogP contribution in [-0.4, -0.2) is 27.1 Å². The van der Waals surface area contributed by atoms with E-state index in [1.807, 2.05) is 0 Å². The summed E-state index contributed by atoms with van der Waals surface area (Å²) < 4.78 is 11.1. The third-order valence-corrected chi connectivity index (χ3v) is 5.57. The standard InChI is InChI=1S/C24H17Cl2N3O5/c1-13-17(22(29-34-13)21-18(25)3-2-4-19(21)26)12-33-20-10-9-16(11-27-20)28-23(30)14-5-7-15(8-6-14)24(31)32/h2-11H,12H2,1H3,(H,28,30)(H,31,32). The molecule has 0 bridgehead atoms. The number of benzene rings is 2. The molecule has 4 rings (SSSR count). The normalized spacial score (nSPS) is 10.7. The van der Waals surface area contributed by atoms with Crippen molar-refractivity contribution < 1.29 is 24.0 Å². The van der Waals surface area contributed by atoms with Crippen LogP contribution in [0.3, 0.4) is 0 Å². The van der Waals surface area contributed by atoms with Crippen molar-refractivity contribution in [3.8, 4) is 17.1 Å². The first kappa shape index (κ1) is 23.3. The lowest BCUT2D eigenvalue weighted by molar-refractivity contribution is 0.0696. The van der Waals surface area contributed by atoms with Crippen LogP contribution in [-0.2, 0) is 6.61 Å². The van der Waals surface area contributed by atoms with E-state index in [1.54, 1.807) is 37.3 Å². The first-order chi connectivity index (χ1) is 16.3. The van der Waals surface area contributed by atoms with E-state index >= 15 is 0 Å². The number of aryl methyl sites for hydroxylation is 1. The Morgan fingerprint density at radius 1 is 1.03 bits per heavy atom. The topological polar surface area (TPSA) is 115 Å². The summed E-state index contributed by atoms with van der Waals surface area (Å²) in [7, 11) is 0. The Bertz CT molecular complexity index is 1330. The molecule has 0 aliphatic carbocycles. The fourth-order valence-corrected chi connectivity index (χ4v) is 3.71. The Morgan fingerprint density at radius 2 is 1.71 bits per heavy atom. The number of aromatic nitrogens is 2. The van der Waals surface area contributed by atoms with Crippen LogP contribution in [0.25, 0.3) is 11.3 Å². The number of hydrogen-bond donors (Lipinski definition) is 2. The molecule has 34 heavy (non-hydrogen) atoms. The van der Waals surface area contributed by atoms with Gasteiger partial charge in [0.1, 0.15) is 18.1 Å². The van der Waals surface area contributed by atoms with Crippen LogP contribution in [0.4, 0.5) is 5.69 Å².